The molecule has 4 unspecified atom stereocenters. The first kappa shape index (κ1) is 30.8. The molecule has 0 saturated heterocycles. The van der Waals surface area contributed by atoms with Crippen molar-refractivity contribution in [1.82, 2.24) is 16.0 Å². The molecule has 0 saturated carbocycles. The van der Waals surface area contributed by atoms with Gasteiger partial charge in [-0.3, -0.25) is 24.0 Å². The van der Waals surface area contributed by atoms with Crippen molar-refractivity contribution in [3.8, 4) is 5.75 Å². The van der Waals surface area contributed by atoms with Crippen molar-refractivity contribution in [3.05, 3.63) is 29.8 Å². The number of primary amides is 1. The zero-order chi connectivity index (χ0) is 28.3. The number of hydrogen-bond acceptors (Lipinski definition) is 8. The standard InChI is InChI=1S/C23H33N5O9/c1-11(2)7-15(21(34)28-17(23(36)37)10-19(31)32)27-22(35)16(8-12-3-5-13(29)6-4-12)26-20(33)14(24)9-18(25)30/h3-6,11,14-17,29H,7-10,24H2,1-2H3,(H2,25,30)(H,26,33)(H,27,35)(H,28,34)(H,31,32)(H,36,37). The molecule has 14 heteroatoms. The number of benzene rings is 1. The molecule has 0 aliphatic heterocycles. The highest BCUT2D eigenvalue weighted by atomic mass is 16.4. The van der Waals surface area contributed by atoms with Crippen LogP contribution in [0.5, 0.6) is 5.75 Å². The number of phenols is 1. The van der Waals surface area contributed by atoms with Crippen molar-refractivity contribution in [2.24, 2.45) is 17.4 Å². The van der Waals surface area contributed by atoms with Gasteiger partial charge in [0.15, 0.2) is 0 Å². The Morgan fingerprint density at radius 2 is 1.32 bits per heavy atom. The minimum Gasteiger partial charge on any atom is -0.508 e. The van der Waals surface area contributed by atoms with Crippen LogP contribution in [0.2, 0.25) is 0 Å². The third kappa shape index (κ3) is 11.4. The van der Waals surface area contributed by atoms with Crippen molar-refractivity contribution in [2.45, 2.75) is 63.7 Å². The Kier molecular flexibility index (Phi) is 12.0. The minimum atomic E-state index is -1.73. The van der Waals surface area contributed by atoms with Crippen molar-refractivity contribution in [2.75, 3.05) is 0 Å². The summed E-state index contributed by atoms with van der Waals surface area (Å²) >= 11 is 0. The van der Waals surface area contributed by atoms with Gasteiger partial charge < -0.3 is 42.7 Å². The Morgan fingerprint density at radius 1 is 0.811 bits per heavy atom. The van der Waals surface area contributed by atoms with E-state index in [2.05, 4.69) is 16.0 Å². The molecule has 0 aliphatic rings. The fourth-order valence-electron chi connectivity index (χ4n) is 3.29. The van der Waals surface area contributed by atoms with Gasteiger partial charge >= 0.3 is 11.9 Å². The minimum absolute atomic E-state index is 0.0275. The molecule has 0 aliphatic carbocycles. The quantitative estimate of drug-likeness (QED) is 0.128. The number of aliphatic carboxylic acids is 2. The van der Waals surface area contributed by atoms with Gasteiger partial charge in [-0.1, -0.05) is 26.0 Å². The van der Waals surface area contributed by atoms with Crippen molar-refractivity contribution >= 4 is 35.6 Å². The fourth-order valence-corrected chi connectivity index (χ4v) is 3.29. The highest BCUT2D eigenvalue weighted by Crippen LogP contribution is 2.13. The topological polar surface area (TPSA) is 251 Å². The van der Waals surface area contributed by atoms with Gasteiger partial charge in [-0.2, -0.15) is 0 Å². The molecular formula is C23H33N5O9. The molecule has 37 heavy (non-hydrogen) atoms. The lowest BCUT2D eigenvalue weighted by Crippen LogP contribution is -2.58. The number of phenolic OH excluding ortho intramolecular Hbond substituents is 1. The molecule has 0 fully saturated rings. The number of aromatic hydroxyl groups is 1. The van der Waals surface area contributed by atoms with E-state index in [1.165, 1.54) is 24.3 Å². The molecule has 204 valence electrons. The van der Waals surface area contributed by atoms with E-state index >= 15 is 0 Å². The van der Waals surface area contributed by atoms with E-state index < -0.39 is 72.6 Å². The normalized spacial score (nSPS) is 14.1. The molecule has 0 spiro atoms. The second kappa shape index (κ2) is 14.4. The lowest BCUT2D eigenvalue weighted by Gasteiger charge is -2.26. The smallest absolute Gasteiger partial charge is 0.326 e. The monoisotopic (exact) mass is 523 g/mol. The van der Waals surface area contributed by atoms with Gasteiger partial charge in [-0.25, -0.2) is 4.79 Å². The fraction of sp³-hybridized carbons (Fsp3) is 0.478. The third-order valence-corrected chi connectivity index (χ3v) is 5.10. The van der Waals surface area contributed by atoms with Crippen LogP contribution in [-0.4, -0.2) is 75.1 Å². The van der Waals surface area contributed by atoms with Crippen LogP contribution in [0.4, 0.5) is 0 Å². The number of carbonyl (C=O) groups is 6. The van der Waals surface area contributed by atoms with Crippen LogP contribution in [0.15, 0.2) is 24.3 Å². The molecule has 0 heterocycles. The first-order valence-corrected chi connectivity index (χ1v) is 11.4. The number of carboxylic acid groups (broad SMARTS) is 2. The Bertz CT molecular complexity index is 997. The molecule has 1 rings (SSSR count). The second-order valence-electron chi connectivity index (χ2n) is 8.90. The number of carboxylic acids is 2. The molecule has 4 amide bonds. The first-order chi connectivity index (χ1) is 17.2. The number of carbonyl (C=O) groups excluding carboxylic acids is 4. The van der Waals surface area contributed by atoms with E-state index in [0.717, 1.165) is 0 Å². The van der Waals surface area contributed by atoms with Crippen LogP contribution in [-0.2, 0) is 35.2 Å². The second-order valence-corrected chi connectivity index (χ2v) is 8.90. The molecule has 4 atom stereocenters. The highest BCUT2D eigenvalue weighted by molar-refractivity contribution is 5.95. The van der Waals surface area contributed by atoms with Gasteiger partial charge in [0.25, 0.3) is 0 Å². The van der Waals surface area contributed by atoms with Crippen LogP contribution in [0.25, 0.3) is 0 Å². The van der Waals surface area contributed by atoms with E-state index in [-0.39, 0.29) is 24.5 Å². The average molecular weight is 524 g/mol. The summed E-state index contributed by atoms with van der Waals surface area (Å²) < 4.78 is 0. The molecule has 1 aromatic rings. The lowest BCUT2D eigenvalue weighted by molar-refractivity contribution is -0.147. The van der Waals surface area contributed by atoms with E-state index in [0.29, 0.717) is 5.56 Å². The Morgan fingerprint density at radius 3 is 1.81 bits per heavy atom. The Hall–Kier alpha value is -4.20. The molecule has 0 bridgehead atoms. The van der Waals surface area contributed by atoms with Crippen LogP contribution in [0.3, 0.4) is 0 Å². The van der Waals surface area contributed by atoms with Gasteiger partial charge in [-0.15, -0.1) is 0 Å². The van der Waals surface area contributed by atoms with Crippen LogP contribution >= 0.6 is 0 Å². The number of nitrogens with one attached hydrogen (secondary N) is 3. The van der Waals surface area contributed by atoms with Gasteiger partial charge in [0.1, 0.15) is 23.9 Å². The average Bonchev–Trinajstić information content (AvgIpc) is 2.77. The molecule has 10 N–H and O–H groups in total. The summed E-state index contributed by atoms with van der Waals surface area (Å²) in [5.41, 5.74) is 11.3. The molecule has 14 nitrogen and oxygen atoms in total. The van der Waals surface area contributed by atoms with Gasteiger partial charge in [0.05, 0.1) is 18.9 Å². The summed E-state index contributed by atoms with van der Waals surface area (Å²) in [5, 5.41) is 34.6. The van der Waals surface area contributed by atoms with Gasteiger partial charge in [-0.05, 0) is 30.0 Å². The van der Waals surface area contributed by atoms with E-state index in [1.54, 1.807) is 13.8 Å². The summed E-state index contributed by atoms with van der Waals surface area (Å²) in [4.78, 5) is 71.9. The maximum Gasteiger partial charge on any atom is 0.326 e. The summed E-state index contributed by atoms with van der Waals surface area (Å²) in [6.07, 6.45) is -1.37. The van der Waals surface area contributed by atoms with E-state index in [1.807, 2.05) is 0 Å². The van der Waals surface area contributed by atoms with Crippen molar-refractivity contribution in [3.63, 3.8) is 0 Å². The molecular weight excluding hydrogens is 490 g/mol. The zero-order valence-electron chi connectivity index (χ0n) is 20.5. The van der Waals surface area contributed by atoms with Crippen LogP contribution < -0.4 is 27.4 Å². The molecule has 0 radical (unpaired) electrons. The summed E-state index contributed by atoms with van der Waals surface area (Å²) in [6, 6.07) is 0.141. The predicted molar refractivity (Wildman–Crippen MR) is 129 cm³/mol. The number of nitrogens with two attached hydrogens (primary N) is 2. The lowest BCUT2D eigenvalue weighted by atomic mass is 10.00. The SMILES string of the molecule is CC(C)CC(NC(=O)C(Cc1ccc(O)cc1)NC(=O)C(N)CC(N)=O)C(=O)NC(CC(=O)O)C(=O)O. The van der Waals surface area contributed by atoms with Crippen molar-refractivity contribution < 1.29 is 44.1 Å². The maximum absolute atomic E-state index is 13.2. The van der Waals surface area contributed by atoms with Crippen LogP contribution in [0.1, 0.15) is 38.7 Å². The van der Waals surface area contributed by atoms with Crippen molar-refractivity contribution in [1.29, 1.82) is 0 Å². The molecule has 1 aromatic carbocycles. The number of hydrogen-bond donors (Lipinski definition) is 8. The number of amides is 4. The van der Waals surface area contributed by atoms with Gasteiger partial charge in [0, 0.05) is 6.42 Å². The predicted octanol–water partition coefficient (Wildman–Crippen LogP) is -1.80. The largest absolute Gasteiger partial charge is 0.508 e. The van der Waals surface area contributed by atoms with Crippen LogP contribution in [0, 0.1) is 5.92 Å². The third-order valence-electron chi connectivity index (χ3n) is 5.10. The van der Waals surface area contributed by atoms with E-state index in [9.17, 15) is 39.0 Å². The number of rotatable bonds is 15. The first-order valence-electron chi connectivity index (χ1n) is 11.4. The highest BCUT2D eigenvalue weighted by Gasteiger charge is 2.31. The Balaban J connectivity index is 3.15. The Labute approximate surface area is 212 Å². The zero-order valence-corrected chi connectivity index (χ0v) is 20.5. The molecule has 0 aromatic heterocycles. The van der Waals surface area contributed by atoms with Gasteiger partial charge in [0.2, 0.25) is 23.6 Å². The summed E-state index contributed by atoms with van der Waals surface area (Å²) in [6.45, 7) is 3.49. The summed E-state index contributed by atoms with van der Waals surface area (Å²) in [7, 11) is 0. The summed E-state index contributed by atoms with van der Waals surface area (Å²) in [5.74, 6) is -6.60. The van der Waals surface area contributed by atoms with E-state index in [4.69, 9.17) is 16.6 Å². The maximum atomic E-state index is 13.2.